The zero-order valence-electron chi connectivity index (χ0n) is 14.2. The van der Waals surface area contributed by atoms with Crippen LogP contribution in [-0.4, -0.2) is 54.4 Å². The molecule has 0 saturated carbocycles. The maximum atomic E-state index is 12.1. The minimum absolute atomic E-state index is 0.248. The Morgan fingerprint density at radius 3 is 3.00 bits per heavy atom. The van der Waals surface area contributed by atoms with Crippen LogP contribution < -0.4 is 0 Å². The highest BCUT2D eigenvalue weighted by Crippen LogP contribution is 2.44. The van der Waals surface area contributed by atoms with Crippen molar-refractivity contribution in [3.05, 3.63) is 35.5 Å². The van der Waals surface area contributed by atoms with Gasteiger partial charge in [0.15, 0.2) is 0 Å². The number of hydrogen-bond donors (Lipinski definition) is 1. The first-order valence-electron chi connectivity index (χ1n) is 8.54. The van der Waals surface area contributed by atoms with Gasteiger partial charge in [0.25, 0.3) is 0 Å². The predicted molar refractivity (Wildman–Crippen MR) is 92.6 cm³/mol. The highest BCUT2D eigenvalue weighted by atomic mass is 16.2. The lowest BCUT2D eigenvalue weighted by Crippen LogP contribution is -2.48. The van der Waals surface area contributed by atoms with Crippen LogP contribution in [0.2, 0.25) is 0 Å². The lowest BCUT2D eigenvalue weighted by molar-refractivity contribution is -0.130. The minimum Gasteiger partial charge on any atom is -0.361 e. The second-order valence-corrected chi connectivity index (χ2v) is 7.50. The fourth-order valence-electron chi connectivity index (χ4n) is 4.63. The van der Waals surface area contributed by atoms with Crippen molar-refractivity contribution in [2.75, 3.05) is 27.7 Å². The van der Waals surface area contributed by atoms with Crippen LogP contribution >= 0.6 is 0 Å². The number of likely N-dealkylation sites (N-methyl/N-ethyl adjacent to an activating group) is 1. The van der Waals surface area contributed by atoms with Gasteiger partial charge in [-0.25, -0.2) is 0 Å². The van der Waals surface area contributed by atoms with Crippen molar-refractivity contribution >= 4 is 16.8 Å². The summed E-state index contributed by atoms with van der Waals surface area (Å²) in [6.45, 7) is 1.02. The molecule has 0 spiro atoms. The maximum absolute atomic E-state index is 12.1. The number of amides is 1. The molecule has 4 heteroatoms. The molecule has 2 aromatic rings. The molecule has 0 bridgehead atoms. The van der Waals surface area contributed by atoms with Crippen LogP contribution in [0, 0.1) is 5.92 Å². The number of likely N-dealkylation sites (tertiary alicyclic amines) is 1. The van der Waals surface area contributed by atoms with E-state index >= 15 is 0 Å². The first kappa shape index (κ1) is 14.8. The number of nitrogens with zero attached hydrogens (tertiary/aromatic N) is 2. The molecule has 1 aromatic heterocycles. The summed E-state index contributed by atoms with van der Waals surface area (Å²) in [5.41, 5.74) is 4.18. The fraction of sp³-hybridized carbons (Fsp3) is 0.526. The van der Waals surface area contributed by atoms with E-state index in [4.69, 9.17) is 0 Å². The van der Waals surface area contributed by atoms with Crippen molar-refractivity contribution < 1.29 is 4.79 Å². The van der Waals surface area contributed by atoms with E-state index in [1.54, 1.807) is 4.90 Å². The molecule has 0 unspecified atom stereocenters. The molecule has 4 rings (SSSR count). The van der Waals surface area contributed by atoms with Gasteiger partial charge >= 0.3 is 0 Å². The zero-order valence-corrected chi connectivity index (χ0v) is 14.2. The van der Waals surface area contributed by atoms with Gasteiger partial charge in [0.05, 0.1) is 0 Å². The zero-order chi connectivity index (χ0) is 16.1. The second kappa shape index (κ2) is 5.38. The van der Waals surface area contributed by atoms with Crippen LogP contribution in [0.1, 0.15) is 29.9 Å². The van der Waals surface area contributed by atoms with Crippen molar-refractivity contribution in [2.45, 2.75) is 31.2 Å². The van der Waals surface area contributed by atoms with E-state index in [-0.39, 0.29) is 5.91 Å². The molecule has 1 aliphatic heterocycles. The molecular formula is C19H25N3O. The maximum Gasteiger partial charge on any atom is 0.222 e. The minimum atomic E-state index is 0.248. The van der Waals surface area contributed by atoms with E-state index in [9.17, 15) is 4.79 Å². The van der Waals surface area contributed by atoms with E-state index in [2.05, 4.69) is 41.3 Å². The third kappa shape index (κ3) is 2.36. The van der Waals surface area contributed by atoms with Crippen molar-refractivity contribution in [3.8, 4) is 0 Å². The molecule has 0 radical (unpaired) electrons. The Labute approximate surface area is 137 Å². The Kier molecular flexibility index (Phi) is 3.45. The topological polar surface area (TPSA) is 39.3 Å². The van der Waals surface area contributed by atoms with Crippen LogP contribution in [0.25, 0.3) is 10.9 Å². The number of benzene rings is 1. The Morgan fingerprint density at radius 2 is 2.22 bits per heavy atom. The third-order valence-corrected chi connectivity index (χ3v) is 5.77. The summed E-state index contributed by atoms with van der Waals surface area (Å²) >= 11 is 0. The van der Waals surface area contributed by atoms with Crippen LogP contribution in [0.15, 0.2) is 24.4 Å². The number of nitrogens with one attached hydrogen (secondary N) is 1. The smallest absolute Gasteiger partial charge is 0.222 e. The van der Waals surface area contributed by atoms with E-state index in [1.807, 2.05) is 14.1 Å². The Bertz CT molecular complexity index is 748. The fourth-order valence-corrected chi connectivity index (χ4v) is 4.63. The Hall–Kier alpha value is -1.81. The average Bonchev–Trinajstić information content (AvgIpc) is 2.93. The lowest BCUT2D eigenvalue weighted by atomic mass is 9.72. The third-order valence-electron chi connectivity index (χ3n) is 5.77. The molecular weight excluding hydrogens is 286 g/mol. The summed E-state index contributed by atoms with van der Waals surface area (Å²) in [4.78, 5) is 19.8. The lowest BCUT2D eigenvalue weighted by Gasteiger charge is -2.45. The molecule has 2 heterocycles. The number of carbonyl (C=O) groups is 1. The second-order valence-electron chi connectivity index (χ2n) is 7.50. The quantitative estimate of drug-likeness (QED) is 0.926. The Morgan fingerprint density at radius 1 is 1.39 bits per heavy atom. The summed E-state index contributed by atoms with van der Waals surface area (Å²) < 4.78 is 0. The molecule has 3 atom stereocenters. The normalized spacial score (nSPS) is 27.0. The van der Waals surface area contributed by atoms with Gasteiger partial charge in [-0.2, -0.15) is 0 Å². The largest absolute Gasteiger partial charge is 0.361 e. The number of H-pyrrole nitrogens is 1. The van der Waals surface area contributed by atoms with Gasteiger partial charge < -0.3 is 14.8 Å². The number of piperidine rings is 1. The highest BCUT2D eigenvalue weighted by molar-refractivity contribution is 5.88. The van der Waals surface area contributed by atoms with Crippen molar-refractivity contribution in [1.29, 1.82) is 0 Å². The number of aromatic amines is 1. The van der Waals surface area contributed by atoms with E-state index in [1.165, 1.54) is 22.0 Å². The van der Waals surface area contributed by atoms with Gasteiger partial charge in [-0.3, -0.25) is 4.79 Å². The summed E-state index contributed by atoms with van der Waals surface area (Å²) in [5, 5.41) is 1.43. The molecule has 1 N–H and O–H groups in total. The summed E-state index contributed by atoms with van der Waals surface area (Å²) in [7, 11) is 5.93. The molecule has 1 amide bonds. The van der Waals surface area contributed by atoms with Crippen LogP contribution in [-0.2, 0) is 11.2 Å². The van der Waals surface area contributed by atoms with Gasteiger partial charge in [-0.15, -0.1) is 0 Å². The van der Waals surface area contributed by atoms with Gasteiger partial charge in [0.1, 0.15) is 0 Å². The van der Waals surface area contributed by atoms with Gasteiger partial charge in [0.2, 0.25) is 5.91 Å². The van der Waals surface area contributed by atoms with Crippen LogP contribution in [0.3, 0.4) is 0 Å². The number of fused-ring (bicyclic) bond motifs is 2. The predicted octanol–water partition coefficient (Wildman–Crippen LogP) is 2.61. The van der Waals surface area contributed by atoms with Crippen molar-refractivity contribution in [3.63, 3.8) is 0 Å². The molecule has 1 saturated heterocycles. The average molecular weight is 311 g/mol. The molecule has 1 aromatic carbocycles. The number of rotatable bonds is 2. The highest BCUT2D eigenvalue weighted by Gasteiger charge is 2.39. The van der Waals surface area contributed by atoms with Crippen molar-refractivity contribution in [2.24, 2.45) is 5.92 Å². The molecule has 122 valence electrons. The molecule has 2 aliphatic rings. The molecule has 1 fully saturated rings. The standard InChI is InChI=1S/C19H25N3O/c1-21(2)18(23)8-12-7-15-14-5-4-6-16-19(14)13(10-20-16)9-17(15)22(3)11-12/h4-6,10,12,15,17,20H,7-9,11H2,1-3H3/t12-,15+,17+/m0/s1. The molecule has 1 aliphatic carbocycles. The number of aromatic nitrogens is 1. The van der Waals surface area contributed by atoms with Gasteiger partial charge in [-0.05, 0) is 43.0 Å². The van der Waals surface area contributed by atoms with Gasteiger partial charge in [0, 0.05) is 56.1 Å². The number of carbonyl (C=O) groups excluding carboxylic acids is 1. The van der Waals surface area contributed by atoms with Crippen LogP contribution in [0.5, 0.6) is 0 Å². The summed E-state index contributed by atoms with van der Waals surface area (Å²) in [6.07, 6.45) is 5.08. The Balaban J connectivity index is 1.67. The van der Waals surface area contributed by atoms with Crippen molar-refractivity contribution in [1.82, 2.24) is 14.8 Å². The SMILES string of the molecule is CN(C)C(=O)C[C@@H]1C[C@@H]2c3cccc4[nH]cc(c34)C[C@H]2N(C)C1. The van der Waals surface area contributed by atoms with E-state index in [0.717, 1.165) is 19.4 Å². The summed E-state index contributed by atoms with van der Waals surface area (Å²) in [5.74, 6) is 1.24. The number of hydrogen-bond acceptors (Lipinski definition) is 2. The van der Waals surface area contributed by atoms with E-state index < -0.39 is 0 Å². The van der Waals surface area contributed by atoms with E-state index in [0.29, 0.717) is 24.3 Å². The first-order valence-corrected chi connectivity index (χ1v) is 8.54. The first-order chi connectivity index (χ1) is 11.0. The van der Waals surface area contributed by atoms with Crippen LogP contribution in [0.4, 0.5) is 0 Å². The van der Waals surface area contributed by atoms with Gasteiger partial charge in [-0.1, -0.05) is 12.1 Å². The molecule has 4 nitrogen and oxygen atoms in total. The molecule has 23 heavy (non-hydrogen) atoms. The monoisotopic (exact) mass is 311 g/mol. The summed E-state index contributed by atoms with van der Waals surface area (Å²) in [6, 6.07) is 7.19.